The van der Waals surface area contributed by atoms with Crippen LogP contribution < -0.4 is 0 Å². The number of aliphatic hydroxyl groups excluding tert-OH is 1. The van der Waals surface area contributed by atoms with Gasteiger partial charge in [0.1, 0.15) is 0 Å². The maximum absolute atomic E-state index is 12.2. The molecule has 1 nitrogen and oxygen atoms in total. The Kier molecular flexibility index (Phi) is 4.04. The van der Waals surface area contributed by atoms with Gasteiger partial charge in [-0.1, -0.05) is 13.8 Å². The first-order valence-corrected chi connectivity index (χ1v) is 5.54. The van der Waals surface area contributed by atoms with Gasteiger partial charge >= 0.3 is 6.18 Å². The number of hydrogen-bond acceptors (Lipinski definition) is 1. The van der Waals surface area contributed by atoms with E-state index in [0.717, 1.165) is 6.42 Å². The van der Waals surface area contributed by atoms with Crippen LogP contribution in [0.2, 0.25) is 0 Å². The fourth-order valence-corrected chi connectivity index (χ4v) is 2.41. The van der Waals surface area contributed by atoms with Crippen LogP contribution in [0, 0.1) is 17.8 Å². The molecular formula is C11H19F3O. The SMILES string of the molecule is CC(C)C1CCC(O)C(CC(F)(F)F)C1. The van der Waals surface area contributed by atoms with Crippen molar-refractivity contribution < 1.29 is 18.3 Å². The molecule has 1 fully saturated rings. The second kappa shape index (κ2) is 4.73. The first kappa shape index (κ1) is 12.8. The first-order chi connectivity index (χ1) is 6.79. The van der Waals surface area contributed by atoms with E-state index in [0.29, 0.717) is 24.7 Å². The highest BCUT2D eigenvalue weighted by molar-refractivity contribution is 4.82. The van der Waals surface area contributed by atoms with Gasteiger partial charge in [-0.2, -0.15) is 13.2 Å². The summed E-state index contributed by atoms with van der Waals surface area (Å²) in [6.07, 6.45) is -3.86. The number of alkyl halides is 3. The topological polar surface area (TPSA) is 20.2 Å². The van der Waals surface area contributed by atoms with E-state index in [1.54, 1.807) is 0 Å². The summed E-state index contributed by atoms with van der Waals surface area (Å²) in [6, 6.07) is 0. The molecule has 1 saturated carbocycles. The lowest BCUT2D eigenvalue weighted by molar-refractivity contribution is -0.158. The van der Waals surface area contributed by atoms with Gasteiger partial charge in [-0.3, -0.25) is 0 Å². The predicted octanol–water partition coefficient (Wildman–Crippen LogP) is 3.37. The van der Waals surface area contributed by atoms with Gasteiger partial charge in [0.05, 0.1) is 6.10 Å². The van der Waals surface area contributed by atoms with E-state index in [-0.39, 0.29) is 0 Å². The Morgan fingerprint density at radius 3 is 2.33 bits per heavy atom. The molecule has 90 valence electrons. The third-order valence-corrected chi connectivity index (χ3v) is 3.42. The summed E-state index contributed by atoms with van der Waals surface area (Å²) < 4.78 is 36.7. The van der Waals surface area contributed by atoms with Crippen LogP contribution in [0.5, 0.6) is 0 Å². The van der Waals surface area contributed by atoms with Crippen molar-refractivity contribution in [2.45, 2.75) is 51.8 Å². The van der Waals surface area contributed by atoms with Crippen LogP contribution in [0.1, 0.15) is 39.5 Å². The van der Waals surface area contributed by atoms with Crippen LogP contribution in [-0.4, -0.2) is 17.4 Å². The van der Waals surface area contributed by atoms with Crippen molar-refractivity contribution in [3.63, 3.8) is 0 Å². The Labute approximate surface area is 88.7 Å². The molecule has 0 heterocycles. The van der Waals surface area contributed by atoms with Crippen molar-refractivity contribution in [3.05, 3.63) is 0 Å². The third kappa shape index (κ3) is 4.01. The van der Waals surface area contributed by atoms with Gasteiger partial charge in [0, 0.05) is 6.42 Å². The van der Waals surface area contributed by atoms with E-state index in [1.165, 1.54) is 0 Å². The van der Waals surface area contributed by atoms with Crippen molar-refractivity contribution >= 4 is 0 Å². The van der Waals surface area contributed by atoms with E-state index < -0.39 is 24.6 Å². The van der Waals surface area contributed by atoms with Crippen molar-refractivity contribution in [1.82, 2.24) is 0 Å². The van der Waals surface area contributed by atoms with Crippen molar-refractivity contribution in [3.8, 4) is 0 Å². The van der Waals surface area contributed by atoms with E-state index in [1.807, 2.05) is 13.8 Å². The number of aliphatic hydroxyl groups is 1. The van der Waals surface area contributed by atoms with E-state index in [9.17, 15) is 18.3 Å². The standard InChI is InChI=1S/C11H19F3O/c1-7(2)8-3-4-10(15)9(5-8)6-11(12,13)14/h7-10,15H,3-6H2,1-2H3. The minimum Gasteiger partial charge on any atom is -0.393 e. The van der Waals surface area contributed by atoms with Crippen LogP contribution in [-0.2, 0) is 0 Å². The quantitative estimate of drug-likeness (QED) is 0.762. The average molecular weight is 224 g/mol. The summed E-state index contributed by atoms with van der Waals surface area (Å²) in [5.74, 6) is 0.153. The molecule has 1 aliphatic carbocycles. The normalized spacial score (nSPS) is 33.4. The molecule has 0 aromatic rings. The molecule has 0 aromatic carbocycles. The van der Waals surface area contributed by atoms with Gasteiger partial charge < -0.3 is 5.11 Å². The maximum Gasteiger partial charge on any atom is 0.389 e. The minimum absolute atomic E-state index is 0.334. The van der Waals surface area contributed by atoms with Crippen molar-refractivity contribution in [2.24, 2.45) is 17.8 Å². The molecule has 0 aromatic heterocycles. The Morgan fingerprint density at radius 1 is 1.27 bits per heavy atom. The van der Waals surface area contributed by atoms with Gasteiger partial charge in [0.25, 0.3) is 0 Å². The van der Waals surface area contributed by atoms with Crippen molar-refractivity contribution in [2.75, 3.05) is 0 Å². The maximum atomic E-state index is 12.2. The zero-order valence-electron chi connectivity index (χ0n) is 9.22. The highest BCUT2D eigenvalue weighted by Gasteiger charge is 2.38. The fraction of sp³-hybridized carbons (Fsp3) is 1.00. The number of hydrogen-bond donors (Lipinski definition) is 1. The molecule has 15 heavy (non-hydrogen) atoms. The highest BCUT2D eigenvalue weighted by atomic mass is 19.4. The molecule has 4 heteroatoms. The molecule has 0 saturated heterocycles. The lowest BCUT2D eigenvalue weighted by Crippen LogP contribution is -2.34. The summed E-state index contributed by atoms with van der Waals surface area (Å²) >= 11 is 0. The van der Waals surface area contributed by atoms with E-state index >= 15 is 0 Å². The van der Waals surface area contributed by atoms with Gasteiger partial charge in [-0.05, 0) is 37.0 Å². The van der Waals surface area contributed by atoms with Crippen LogP contribution in [0.4, 0.5) is 13.2 Å². The average Bonchev–Trinajstić information content (AvgIpc) is 2.06. The molecule has 0 amide bonds. The molecule has 1 N–H and O–H groups in total. The Bertz CT molecular complexity index is 200. The molecule has 0 aliphatic heterocycles. The van der Waals surface area contributed by atoms with Gasteiger partial charge in [0.15, 0.2) is 0 Å². The van der Waals surface area contributed by atoms with Gasteiger partial charge in [-0.15, -0.1) is 0 Å². The summed E-state index contributed by atoms with van der Waals surface area (Å²) in [7, 11) is 0. The van der Waals surface area contributed by atoms with E-state index in [2.05, 4.69) is 0 Å². The van der Waals surface area contributed by atoms with Crippen LogP contribution in [0.3, 0.4) is 0 Å². The first-order valence-electron chi connectivity index (χ1n) is 5.54. The fourth-order valence-electron chi connectivity index (χ4n) is 2.41. The van der Waals surface area contributed by atoms with Gasteiger partial charge in [-0.25, -0.2) is 0 Å². The Hall–Kier alpha value is -0.250. The zero-order chi connectivity index (χ0) is 11.6. The molecular weight excluding hydrogens is 205 g/mol. The van der Waals surface area contributed by atoms with Crippen LogP contribution >= 0.6 is 0 Å². The largest absolute Gasteiger partial charge is 0.393 e. The monoisotopic (exact) mass is 224 g/mol. The molecule has 0 bridgehead atoms. The summed E-state index contributed by atoms with van der Waals surface area (Å²) in [4.78, 5) is 0. The lowest BCUT2D eigenvalue weighted by Gasteiger charge is -2.35. The second-order valence-electron chi connectivity index (χ2n) is 4.96. The number of halogens is 3. The molecule has 1 rings (SSSR count). The third-order valence-electron chi connectivity index (χ3n) is 3.42. The molecule has 3 atom stereocenters. The smallest absolute Gasteiger partial charge is 0.389 e. The molecule has 3 unspecified atom stereocenters. The summed E-state index contributed by atoms with van der Waals surface area (Å²) in [5, 5.41) is 9.53. The number of rotatable bonds is 2. The second-order valence-corrected chi connectivity index (χ2v) is 4.96. The predicted molar refractivity (Wildman–Crippen MR) is 52.3 cm³/mol. The van der Waals surface area contributed by atoms with Gasteiger partial charge in [0.2, 0.25) is 0 Å². The van der Waals surface area contributed by atoms with E-state index in [4.69, 9.17) is 0 Å². The van der Waals surface area contributed by atoms with Crippen molar-refractivity contribution in [1.29, 1.82) is 0 Å². The summed E-state index contributed by atoms with van der Waals surface area (Å²) in [6.45, 7) is 4.07. The van der Waals surface area contributed by atoms with Crippen LogP contribution in [0.25, 0.3) is 0 Å². The van der Waals surface area contributed by atoms with Crippen LogP contribution in [0.15, 0.2) is 0 Å². The zero-order valence-corrected chi connectivity index (χ0v) is 9.22. The Balaban J connectivity index is 2.54. The molecule has 1 aliphatic rings. The molecule has 0 spiro atoms. The summed E-state index contributed by atoms with van der Waals surface area (Å²) in [5.41, 5.74) is 0. The minimum atomic E-state index is -4.15. The molecule has 0 radical (unpaired) electrons. The Morgan fingerprint density at radius 2 is 1.87 bits per heavy atom. The highest BCUT2D eigenvalue weighted by Crippen LogP contribution is 2.39. The lowest BCUT2D eigenvalue weighted by atomic mass is 9.73.